The second kappa shape index (κ2) is 9.56. The highest BCUT2D eigenvalue weighted by Crippen LogP contribution is 2.38. The fraction of sp³-hybridized carbons (Fsp3) is 0.619. The van der Waals surface area contributed by atoms with Gasteiger partial charge >= 0.3 is 0 Å². The van der Waals surface area contributed by atoms with Gasteiger partial charge in [0, 0.05) is 30.8 Å². The average Bonchev–Trinajstić information content (AvgIpc) is 3.18. The molecule has 2 amide bonds. The molecular weight excluding hydrogens is 362 g/mol. The van der Waals surface area contributed by atoms with Crippen LogP contribution in [-0.4, -0.2) is 36.3 Å². The van der Waals surface area contributed by atoms with Gasteiger partial charge < -0.3 is 16.0 Å². The van der Waals surface area contributed by atoms with Crippen molar-refractivity contribution in [3.8, 4) is 0 Å². The summed E-state index contributed by atoms with van der Waals surface area (Å²) in [5, 5.41) is 3.04. The summed E-state index contributed by atoms with van der Waals surface area (Å²) < 4.78 is 0. The zero-order valence-electron chi connectivity index (χ0n) is 16.3. The molecule has 1 aliphatic carbocycles. The van der Waals surface area contributed by atoms with Crippen molar-refractivity contribution in [1.29, 1.82) is 0 Å². The van der Waals surface area contributed by atoms with Crippen molar-refractivity contribution in [2.24, 2.45) is 11.1 Å². The number of nitrogens with one attached hydrogen (secondary N) is 1. The number of nitrogens with zero attached hydrogens (tertiary/aromatic N) is 1. The van der Waals surface area contributed by atoms with Crippen LogP contribution in [0.25, 0.3) is 0 Å². The van der Waals surface area contributed by atoms with E-state index in [1.807, 2.05) is 30.0 Å². The molecule has 1 aromatic carbocycles. The van der Waals surface area contributed by atoms with Crippen LogP contribution in [0.3, 0.4) is 0 Å². The molecule has 1 saturated carbocycles. The number of carbonyl (C=O) groups excluding carboxylic acids is 2. The van der Waals surface area contributed by atoms with Gasteiger partial charge in [-0.2, -0.15) is 0 Å². The van der Waals surface area contributed by atoms with E-state index >= 15 is 0 Å². The topological polar surface area (TPSA) is 75.4 Å². The van der Waals surface area contributed by atoms with Crippen LogP contribution in [0, 0.1) is 12.3 Å². The number of likely N-dealkylation sites (tertiary alicyclic amines) is 1. The molecular formula is C21H32ClN3O2. The van der Waals surface area contributed by atoms with Gasteiger partial charge in [0.15, 0.2) is 0 Å². The van der Waals surface area contributed by atoms with Crippen molar-refractivity contribution in [1.82, 2.24) is 4.90 Å². The smallest absolute Gasteiger partial charge is 0.254 e. The Bertz CT molecular complexity index is 665. The summed E-state index contributed by atoms with van der Waals surface area (Å²) in [5.41, 5.74) is 8.24. The molecule has 0 atom stereocenters. The van der Waals surface area contributed by atoms with E-state index in [-0.39, 0.29) is 29.6 Å². The number of halogens is 1. The van der Waals surface area contributed by atoms with Crippen LogP contribution in [0.5, 0.6) is 0 Å². The second-order valence-corrected chi connectivity index (χ2v) is 7.97. The van der Waals surface area contributed by atoms with Crippen LogP contribution < -0.4 is 11.1 Å². The summed E-state index contributed by atoms with van der Waals surface area (Å²) >= 11 is 0. The maximum atomic E-state index is 12.7. The normalized spacial score (nSPS) is 18.7. The lowest BCUT2D eigenvalue weighted by atomic mass is 9.71. The van der Waals surface area contributed by atoms with Gasteiger partial charge in [0.2, 0.25) is 5.91 Å². The van der Waals surface area contributed by atoms with E-state index in [0.29, 0.717) is 18.5 Å². The Morgan fingerprint density at radius 1 is 1.11 bits per heavy atom. The number of amides is 2. The Morgan fingerprint density at radius 2 is 1.78 bits per heavy atom. The molecule has 0 radical (unpaired) electrons. The molecule has 1 heterocycles. The molecule has 0 spiro atoms. The van der Waals surface area contributed by atoms with E-state index in [2.05, 4.69) is 5.32 Å². The molecule has 1 aliphatic heterocycles. The van der Waals surface area contributed by atoms with E-state index < -0.39 is 0 Å². The fourth-order valence-electron chi connectivity index (χ4n) is 4.38. The van der Waals surface area contributed by atoms with Crippen LogP contribution in [0.1, 0.15) is 67.3 Å². The highest BCUT2D eigenvalue weighted by atomic mass is 35.5. The fourth-order valence-corrected chi connectivity index (χ4v) is 4.38. The largest absolute Gasteiger partial charge is 0.339 e. The van der Waals surface area contributed by atoms with Crippen LogP contribution in [0.4, 0.5) is 5.69 Å². The highest BCUT2D eigenvalue weighted by Gasteiger charge is 2.33. The Kier molecular flexibility index (Phi) is 7.68. The molecule has 0 unspecified atom stereocenters. The Morgan fingerprint density at radius 3 is 2.41 bits per heavy atom. The summed E-state index contributed by atoms with van der Waals surface area (Å²) in [4.78, 5) is 27.3. The third-order valence-corrected chi connectivity index (χ3v) is 6.11. The van der Waals surface area contributed by atoms with E-state index in [1.165, 1.54) is 6.42 Å². The van der Waals surface area contributed by atoms with Gasteiger partial charge in [0.1, 0.15) is 0 Å². The first-order chi connectivity index (χ1) is 12.5. The first-order valence-corrected chi connectivity index (χ1v) is 9.93. The predicted molar refractivity (Wildman–Crippen MR) is 111 cm³/mol. The maximum absolute atomic E-state index is 12.7. The minimum absolute atomic E-state index is 0. The summed E-state index contributed by atoms with van der Waals surface area (Å²) in [5.74, 6) is 0.0769. The van der Waals surface area contributed by atoms with Gasteiger partial charge in [0.05, 0.1) is 0 Å². The summed E-state index contributed by atoms with van der Waals surface area (Å²) in [6, 6.07) is 5.59. The number of hydrogen-bond acceptors (Lipinski definition) is 3. The lowest BCUT2D eigenvalue weighted by Crippen LogP contribution is -2.36. The molecule has 0 bridgehead atoms. The first-order valence-electron chi connectivity index (χ1n) is 9.93. The van der Waals surface area contributed by atoms with Crippen molar-refractivity contribution in [2.45, 2.75) is 58.3 Å². The quantitative estimate of drug-likeness (QED) is 0.796. The molecule has 2 aliphatic rings. The molecule has 2 fully saturated rings. The van der Waals surface area contributed by atoms with Crippen LogP contribution in [-0.2, 0) is 4.79 Å². The van der Waals surface area contributed by atoms with Crippen molar-refractivity contribution in [3.05, 3.63) is 29.3 Å². The summed E-state index contributed by atoms with van der Waals surface area (Å²) in [6.45, 7) is 4.13. The molecule has 5 nitrogen and oxygen atoms in total. The lowest BCUT2D eigenvalue weighted by molar-refractivity contribution is -0.118. The first kappa shape index (κ1) is 21.7. The summed E-state index contributed by atoms with van der Waals surface area (Å²) in [7, 11) is 0. The molecule has 1 aromatic rings. The molecule has 1 saturated heterocycles. The van der Waals surface area contributed by atoms with Crippen molar-refractivity contribution in [2.75, 3.05) is 25.0 Å². The van der Waals surface area contributed by atoms with E-state index in [1.54, 1.807) is 0 Å². The van der Waals surface area contributed by atoms with Gasteiger partial charge in [-0.15, -0.1) is 12.4 Å². The Labute approximate surface area is 168 Å². The number of rotatable bonds is 5. The standard InChI is InChI=1S/C21H31N3O2.ClH/c1-16-17(20(26)24-12-5-6-13-24)8-7-9-18(16)23-19(25)14-21(15-22)10-3-2-4-11-21;/h7-9H,2-6,10-15,22H2,1H3,(H,23,25);1H. The van der Waals surface area contributed by atoms with Gasteiger partial charge in [-0.25, -0.2) is 0 Å². The van der Waals surface area contributed by atoms with Gasteiger partial charge in [-0.1, -0.05) is 25.3 Å². The molecule has 150 valence electrons. The number of carbonyl (C=O) groups is 2. The maximum Gasteiger partial charge on any atom is 0.254 e. The molecule has 3 rings (SSSR count). The number of anilines is 1. The van der Waals surface area contributed by atoms with Crippen LogP contribution in [0.15, 0.2) is 18.2 Å². The monoisotopic (exact) mass is 393 g/mol. The molecule has 6 heteroatoms. The third-order valence-electron chi connectivity index (χ3n) is 6.11. The Balaban J connectivity index is 0.00000261. The SMILES string of the molecule is Cc1c(NC(=O)CC2(CN)CCCCC2)cccc1C(=O)N1CCCC1.Cl. The predicted octanol–water partition coefficient (Wildman–Crippen LogP) is 3.89. The van der Waals surface area contributed by atoms with Gasteiger partial charge in [0.25, 0.3) is 5.91 Å². The third kappa shape index (κ3) is 5.02. The minimum atomic E-state index is -0.0563. The van der Waals surface area contributed by atoms with Crippen LogP contribution >= 0.6 is 12.4 Å². The van der Waals surface area contributed by atoms with Crippen LogP contribution in [0.2, 0.25) is 0 Å². The van der Waals surface area contributed by atoms with E-state index in [4.69, 9.17) is 5.73 Å². The summed E-state index contributed by atoms with van der Waals surface area (Å²) in [6.07, 6.45) is 8.22. The van der Waals surface area contributed by atoms with Gasteiger partial charge in [-0.05, 0) is 62.3 Å². The molecule has 0 aromatic heterocycles. The zero-order chi connectivity index (χ0) is 18.6. The van der Waals surface area contributed by atoms with Crippen molar-refractivity contribution in [3.63, 3.8) is 0 Å². The molecule has 27 heavy (non-hydrogen) atoms. The lowest BCUT2D eigenvalue weighted by Gasteiger charge is -2.35. The average molecular weight is 394 g/mol. The second-order valence-electron chi connectivity index (χ2n) is 7.97. The van der Waals surface area contributed by atoms with Gasteiger partial charge in [-0.3, -0.25) is 9.59 Å². The molecule has 3 N–H and O–H groups in total. The minimum Gasteiger partial charge on any atom is -0.339 e. The zero-order valence-corrected chi connectivity index (χ0v) is 17.1. The van der Waals surface area contributed by atoms with E-state index in [9.17, 15) is 9.59 Å². The van der Waals surface area contributed by atoms with Crippen molar-refractivity contribution < 1.29 is 9.59 Å². The van der Waals surface area contributed by atoms with E-state index in [0.717, 1.165) is 62.9 Å². The van der Waals surface area contributed by atoms with Crippen molar-refractivity contribution >= 4 is 29.9 Å². The Hall–Kier alpha value is -1.59. The number of hydrogen-bond donors (Lipinski definition) is 2. The number of nitrogens with two attached hydrogens (primary N) is 1. The number of benzene rings is 1. The highest BCUT2D eigenvalue weighted by molar-refractivity contribution is 5.99.